The molecule has 0 amide bonds. The maximum atomic E-state index is 13.2. The molecule has 2 aromatic heterocycles. The first-order chi connectivity index (χ1) is 13.8. The van der Waals surface area contributed by atoms with Gasteiger partial charge in [0.1, 0.15) is 11.3 Å². The van der Waals surface area contributed by atoms with Gasteiger partial charge in [0.05, 0.1) is 18.3 Å². The van der Waals surface area contributed by atoms with Crippen LogP contribution in [0.4, 0.5) is 4.39 Å². The number of fused-ring (bicyclic) bond motifs is 1. The number of aryl methyl sites for hydroxylation is 3. The maximum absolute atomic E-state index is 13.2. The smallest absolute Gasteiger partial charge is 0.276 e. The lowest BCUT2D eigenvalue weighted by atomic mass is 9.95. The molecule has 0 aliphatic heterocycles. The Morgan fingerprint density at radius 3 is 2.34 bits per heavy atom. The van der Waals surface area contributed by atoms with Crippen molar-refractivity contribution in [3.8, 4) is 11.3 Å². The van der Waals surface area contributed by atoms with Crippen molar-refractivity contribution in [2.24, 2.45) is 0 Å². The number of benzene rings is 2. The molecule has 29 heavy (non-hydrogen) atoms. The van der Waals surface area contributed by atoms with E-state index < -0.39 is 6.10 Å². The minimum Gasteiger partial charge on any atom is -0.387 e. The molecule has 0 bridgehead atoms. The van der Waals surface area contributed by atoms with Crippen molar-refractivity contribution in [2.75, 3.05) is 0 Å². The van der Waals surface area contributed by atoms with Crippen LogP contribution in [0.15, 0.2) is 59.7 Å². The Labute approximate surface area is 167 Å². The first-order valence-corrected chi connectivity index (χ1v) is 9.44. The average Bonchev–Trinajstić information content (AvgIpc) is 3.09. The van der Waals surface area contributed by atoms with E-state index in [2.05, 4.69) is 5.10 Å². The highest BCUT2D eigenvalue weighted by molar-refractivity contribution is 5.65. The molecule has 4 rings (SSSR count). The van der Waals surface area contributed by atoms with Gasteiger partial charge in [0, 0.05) is 18.0 Å². The number of aliphatic hydroxyl groups is 1. The van der Waals surface area contributed by atoms with Crippen LogP contribution in [0.2, 0.25) is 0 Å². The fraction of sp³-hybridized carbons (Fsp3) is 0.217. The van der Waals surface area contributed by atoms with Gasteiger partial charge in [-0.3, -0.25) is 4.79 Å². The molecule has 148 valence electrons. The van der Waals surface area contributed by atoms with Gasteiger partial charge in [-0.25, -0.2) is 8.91 Å². The predicted octanol–water partition coefficient (Wildman–Crippen LogP) is 3.96. The number of halogens is 1. The van der Waals surface area contributed by atoms with Gasteiger partial charge in [-0.2, -0.15) is 5.10 Å². The van der Waals surface area contributed by atoms with E-state index in [-0.39, 0.29) is 17.9 Å². The van der Waals surface area contributed by atoms with Crippen molar-refractivity contribution in [3.05, 3.63) is 93.3 Å². The Hall–Kier alpha value is -3.25. The zero-order chi connectivity index (χ0) is 20.7. The highest BCUT2D eigenvalue weighted by Crippen LogP contribution is 2.25. The summed E-state index contributed by atoms with van der Waals surface area (Å²) in [5, 5.41) is 15.2. The SMILES string of the molecule is Cc1cc(C)c([C@H](O)Cn2ccn3nc(-c4ccc(F)cc4)cc3c2=O)c(C)c1. The van der Waals surface area contributed by atoms with Crippen LogP contribution in [0.1, 0.15) is 28.4 Å². The van der Waals surface area contributed by atoms with E-state index in [1.54, 1.807) is 30.6 Å². The van der Waals surface area contributed by atoms with E-state index in [0.29, 0.717) is 11.2 Å². The molecule has 2 heterocycles. The summed E-state index contributed by atoms with van der Waals surface area (Å²) in [4.78, 5) is 12.9. The Kier molecular flexibility index (Phi) is 4.80. The molecule has 0 aliphatic carbocycles. The number of hydrogen-bond acceptors (Lipinski definition) is 3. The molecular formula is C23H22FN3O2. The fourth-order valence-corrected chi connectivity index (χ4v) is 3.93. The van der Waals surface area contributed by atoms with Crippen LogP contribution in [0, 0.1) is 26.6 Å². The predicted molar refractivity (Wildman–Crippen MR) is 110 cm³/mol. The van der Waals surface area contributed by atoms with Gasteiger partial charge in [-0.05, 0) is 67.8 Å². The molecule has 0 saturated heterocycles. The minimum atomic E-state index is -0.796. The van der Waals surface area contributed by atoms with E-state index in [4.69, 9.17) is 0 Å². The molecule has 1 N–H and O–H groups in total. The number of rotatable bonds is 4. The van der Waals surface area contributed by atoms with E-state index in [1.165, 1.54) is 21.2 Å². The van der Waals surface area contributed by atoms with Gasteiger partial charge in [0.15, 0.2) is 0 Å². The largest absolute Gasteiger partial charge is 0.387 e. The lowest BCUT2D eigenvalue weighted by molar-refractivity contribution is 0.153. The van der Waals surface area contributed by atoms with E-state index in [1.807, 2.05) is 32.9 Å². The van der Waals surface area contributed by atoms with Gasteiger partial charge in [0.2, 0.25) is 0 Å². The minimum absolute atomic E-state index is 0.150. The summed E-state index contributed by atoms with van der Waals surface area (Å²) < 4.78 is 16.2. The van der Waals surface area contributed by atoms with E-state index >= 15 is 0 Å². The second-order valence-corrected chi connectivity index (χ2v) is 7.45. The van der Waals surface area contributed by atoms with Gasteiger partial charge < -0.3 is 9.67 Å². The Morgan fingerprint density at radius 2 is 1.69 bits per heavy atom. The van der Waals surface area contributed by atoms with Crippen LogP contribution < -0.4 is 5.56 Å². The fourth-order valence-electron chi connectivity index (χ4n) is 3.93. The number of hydrogen-bond donors (Lipinski definition) is 1. The molecule has 5 nitrogen and oxygen atoms in total. The van der Waals surface area contributed by atoms with Crippen molar-refractivity contribution in [2.45, 2.75) is 33.4 Å². The Balaban J connectivity index is 1.69. The molecule has 0 radical (unpaired) electrons. The van der Waals surface area contributed by atoms with Crippen LogP contribution in [0.5, 0.6) is 0 Å². The van der Waals surface area contributed by atoms with Crippen molar-refractivity contribution in [3.63, 3.8) is 0 Å². The normalized spacial score (nSPS) is 12.4. The summed E-state index contributed by atoms with van der Waals surface area (Å²) in [6, 6.07) is 11.7. The number of aromatic nitrogens is 3. The number of aliphatic hydroxyl groups excluding tert-OH is 1. The highest BCUT2D eigenvalue weighted by Gasteiger charge is 2.16. The zero-order valence-electron chi connectivity index (χ0n) is 16.6. The maximum Gasteiger partial charge on any atom is 0.276 e. The third kappa shape index (κ3) is 3.59. The monoisotopic (exact) mass is 391 g/mol. The lowest BCUT2D eigenvalue weighted by Gasteiger charge is -2.18. The molecule has 0 unspecified atom stereocenters. The first-order valence-electron chi connectivity index (χ1n) is 9.44. The molecule has 2 aromatic carbocycles. The van der Waals surface area contributed by atoms with E-state index in [0.717, 1.165) is 27.8 Å². The summed E-state index contributed by atoms with van der Waals surface area (Å²) >= 11 is 0. The average molecular weight is 391 g/mol. The highest BCUT2D eigenvalue weighted by atomic mass is 19.1. The third-order valence-electron chi connectivity index (χ3n) is 5.18. The summed E-state index contributed by atoms with van der Waals surface area (Å²) in [7, 11) is 0. The van der Waals surface area contributed by atoms with Crippen LogP contribution >= 0.6 is 0 Å². The summed E-state index contributed by atoms with van der Waals surface area (Å²) in [5.74, 6) is -0.324. The van der Waals surface area contributed by atoms with Crippen LogP contribution in [0.3, 0.4) is 0 Å². The molecule has 0 spiro atoms. The molecule has 0 aliphatic rings. The third-order valence-corrected chi connectivity index (χ3v) is 5.18. The molecule has 6 heteroatoms. The van der Waals surface area contributed by atoms with Gasteiger partial charge in [0.25, 0.3) is 5.56 Å². The van der Waals surface area contributed by atoms with Gasteiger partial charge >= 0.3 is 0 Å². The van der Waals surface area contributed by atoms with E-state index in [9.17, 15) is 14.3 Å². The lowest BCUT2D eigenvalue weighted by Crippen LogP contribution is -2.24. The summed E-state index contributed by atoms with van der Waals surface area (Å²) in [6.45, 7) is 6.11. The van der Waals surface area contributed by atoms with Crippen molar-refractivity contribution >= 4 is 5.52 Å². The van der Waals surface area contributed by atoms with Crippen LogP contribution in [-0.4, -0.2) is 19.3 Å². The van der Waals surface area contributed by atoms with Crippen molar-refractivity contribution in [1.82, 2.24) is 14.2 Å². The standard InChI is InChI=1S/C23H22FN3O2/c1-14-10-15(2)22(16(3)11-14)21(28)13-26-8-9-27-20(23(26)29)12-19(25-27)17-4-6-18(24)7-5-17/h4-12,21,28H,13H2,1-3H3/t21-/m1/s1. The Morgan fingerprint density at radius 1 is 1.03 bits per heavy atom. The first kappa shape index (κ1) is 19.1. The molecule has 0 fully saturated rings. The Bertz CT molecular complexity index is 1230. The van der Waals surface area contributed by atoms with Crippen molar-refractivity contribution in [1.29, 1.82) is 0 Å². The molecule has 0 saturated carbocycles. The van der Waals surface area contributed by atoms with Gasteiger partial charge in [-0.15, -0.1) is 0 Å². The van der Waals surface area contributed by atoms with Gasteiger partial charge in [-0.1, -0.05) is 17.7 Å². The second-order valence-electron chi connectivity index (χ2n) is 7.45. The zero-order valence-corrected chi connectivity index (χ0v) is 16.6. The summed E-state index contributed by atoms with van der Waals surface area (Å²) in [5.41, 5.74) is 5.48. The topological polar surface area (TPSA) is 59.5 Å². The summed E-state index contributed by atoms with van der Waals surface area (Å²) in [6.07, 6.45) is 2.51. The second kappa shape index (κ2) is 7.29. The molecular weight excluding hydrogens is 369 g/mol. The van der Waals surface area contributed by atoms with Crippen LogP contribution in [-0.2, 0) is 6.54 Å². The number of nitrogens with zero attached hydrogens (tertiary/aromatic N) is 3. The van der Waals surface area contributed by atoms with Crippen LogP contribution in [0.25, 0.3) is 16.8 Å². The molecule has 1 atom stereocenters. The quantitative estimate of drug-likeness (QED) is 0.573. The van der Waals surface area contributed by atoms with Crippen molar-refractivity contribution < 1.29 is 9.50 Å². The molecule has 4 aromatic rings.